The minimum Gasteiger partial charge on any atom is -0.489 e. The minimum atomic E-state index is -0.0189. The fraction of sp³-hybridized carbons (Fsp3) is 0.400. The van der Waals surface area contributed by atoms with Gasteiger partial charge in [0.1, 0.15) is 11.9 Å². The Balaban J connectivity index is 0.00000392. The predicted molar refractivity (Wildman–Crippen MR) is 127 cm³/mol. The number of rotatable bonds is 9. The maximum Gasteiger partial charge on any atom is 0.261 e. The molecule has 0 aliphatic heterocycles. The Morgan fingerprint density at radius 3 is 2.64 bits per heavy atom. The number of hydrogen-bond donors (Lipinski definition) is 3. The highest BCUT2D eigenvalue weighted by Gasteiger charge is 2.07. The van der Waals surface area contributed by atoms with Gasteiger partial charge in [-0.25, -0.2) is 0 Å². The number of halogens is 1. The van der Waals surface area contributed by atoms with Crippen molar-refractivity contribution in [1.29, 1.82) is 0 Å². The summed E-state index contributed by atoms with van der Waals surface area (Å²) in [5.74, 6) is 1.57. The number of benzene rings is 1. The molecule has 0 radical (unpaired) electrons. The maximum absolute atomic E-state index is 11.8. The summed E-state index contributed by atoms with van der Waals surface area (Å²) in [4.78, 5) is 16.8. The molecule has 1 atom stereocenters. The lowest BCUT2D eigenvalue weighted by atomic mass is 10.2. The van der Waals surface area contributed by atoms with Crippen molar-refractivity contribution in [3.05, 3.63) is 52.2 Å². The second-order valence-corrected chi connectivity index (χ2v) is 7.16. The summed E-state index contributed by atoms with van der Waals surface area (Å²) in [5.41, 5.74) is 1.18. The van der Waals surface area contributed by atoms with E-state index in [1.807, 2.05) is 55.6 Å². The van der Waals surface area contributed by atoms with E-state index in [2.05, 4.69) is 20.9 Å². The van der Waals surface area contributed by atoms with E-state index in [4.69, 9.17) is 4.74 Å². The molecule has 3 N–H and O–H groups in total. The van der Waals surface area contributed by atoms with Crippen molar-refractivity contribution >= 4 is 47.2 Å². The molecule has 0 fully saturated rings. The van der Waals surface area contributed by atoms with Crippen LogP contribution in [0, 0.1) is 6.92 Å². The number of carbonyl (C=O) groups is 1. The van der Waals surface area contributed by atoms with Gasteiger partial charge in [0.25, 0.3) is 5.91 Å². The van der Waals surface area contributed by atoms with Crippen molar-refractivity contribution in [1.82, 2.24) is 16.0 Å². The highest BCUT2D eigenvalue weighted by atomic mass is 127. The smallest absolute Gasteiger partial charge is 0.261 e. The average Bonchev–Trinajstić information content (AvgIpc) is 3.18. The van der Waals surface area contributed by atoms with Gasteiger partial charge in [-0.2, -0.15) is 0 Å². The lowest BCUT2D eigenvalue weighted by molar-refractivity contribution is 0.0957. The molecule has 0 saturated carbocycles. The third-order valence-corrected chi connectivity index (χ3v) is 4.65. The van der Waals surface area contributed by atoms with E-state index in [0.29, 0.717) is 13.1 Å². The molecule has 154 valence electrons. The van der Waals surface area contributed by atoms with Gasteiger partial charge in [-0.3, -0.25) is 9.79 Å². The van der Waals surface area contributed by atoms with Gasteiger partial charge >= 0.3 is 0 Å². The largest absolute Gasteiger partial charge is 0.489 e. The first kappa shape index (κ1) is 24.2. The fourth-order valence-corrected chi connectivity index (χ4v) is 3.06. The van der Waals surface area contributed by atoms with E-state index in [0.717, 1.165) is 29.6 Å². The summed E-state index contributed by atoms with van der Waals surface area (Å²) in [5, 5.41) is 11.3. The zero-order chi connectivity index (χ0) is 19.5. The molecular weight excluding hydrogens is 487 g/mol. The molecule has 2 rings (SSSR count). The first-order valence-corrected chi connectivity index (χ1v) is 9.96. The zero-order valence-electron chi connectivity index (χ0n) is 16.5. The number of thiophene rings is 1. The van der Waals surface area contributed by atoms with E-state index >= 15 is 0 Å². The quantitative estimate of drug-likeness (QED) is 0.207. The lowest BCUT2D eigenvalue weighted by Crippen LogP contribution is -2.42. The lowest BCUT2D eigenvalue weighted by Gasteiger charge is -2.18. The van der Waals surface area contributed by atoms with Crippen LogP contribution >= 0.6 is 35.3 Å². The van der Waals surface area contributed by atoms with E-state index < -0.39 is 0 Å². The molecule has 1 unspecified atom stereocenters. The van der Waals surface area contributed by atoms with E-state index in [1.165, 1.54) is 16.9 Å². The number of nitrogens with zero attached hydrogens (tertiary/aromatic N) is 1. The first-order chi connectivity index (χ1) is 13.1. The summed E-state index contributed by atoms with van der Waals surface area (Å²) < 4.78 is 5.90. The Bertz CT molecular complexity index is 738. The molecule has 1 heterocycles. The molecule has 8 heteroatoms. The molecule has 0 aliphatic carbocycles. The Labute approximate surface area is 188 Å². The zero-order valence-corrected chi connectivity index (χ0v) is 19.7. The Morgan fingerprint density at radius 2 is 1.96 bits per heavy atom. The van der Waals surface area contributed by atoms with Crippen LogP contribution < -0.4 is 20.7 Å². The molecule has 0 aliphatic rings. The van der Waals surface area contributed by atoms with E-state index in [9.17, 15) is 4.79 Å². The molecule has 1 amide bonds. The number of aryl methyl sites for hydroxylation is 1. The summed E-state index contributed by atoms with van der Waals surface area (Å²) in [6.45, 7) is 6.04. The molecule has 6 nitrogen and oxygen atoms in total. The van der Waals surface area contributed by atoms with Crippen LogP contribution in [0.1, 0.15) is 28.6 Å². The highest BCUT2D eigenvalue weighted by molar-refractivity contribution is 14.0. The summed E-state index contributed by atoms with van der Waals surface area (Å²) >= 11 is 1.45. The second-order valence-electron chi connectivity index (χ2n) is 6.21. The Hall–Kier alpha value is -1.81. The normalized spacial score (nSPS) is 11.9. The third-order valence-electron chi connectivity index (χ3n) is 3.78. The van der Waals surface area contributed by atoms with E-state index in [1.54, 1.807) is 7.05 Å². The predicted octanol–water partition coefficient (Wildman–Crippen LogP) is 3.43. The molecule has 0 spiro atoms. The summed E-state index contributed by atoms with van der Waals surface area (Å²) in [6.07, 6.45) is 0.822. The standard InChI is InChI=1S/C20H28N4O2S.HI/c1-15-7-4-8-17(13-15)26-16(2)14-24-20(21-3)23-11-6-10-22-19(25)18-9-5-12-27-18;/h4-5,7-9,12-13,16H,6,10-11,14H2,1-3H3,(H,22,25)(H2,21,23,24);1H. The second kappa shape index (κ2) is 13.4. The fourth-order valence-electron chi connectivity index (χ4n) is 2.42. The van der Waals surface area contributed by atoms with Crippen LogP contribution in [0.3, 0.4) is 0 Å². The topological polar surface area (TPSA) is 74.8 Å². The highest BCUT2D eigenvalue weighted by Crippen LogP contribution is 2.13. The SMILES string of the molecule is CN=C(NCCCNC(=O)c1cccs1)NCC(C)Oc1cccc(C)c1.I. The van der Waals surface area contributed by atoms with Crippen molar-refractivity contribution in [2.75, 3.05) is 26.7 Å². The number of aliphatic imine (C=N–C) groups is 1. The van der Waals surface area contributed by atoms with Crippen molar-refractivity contribution in [2.24, 2.45) is 4.99 Å². The van der Waals surface area contributed by atoms with Gasteiger partial charge in [-0.05, 0) is 49.4 Å². The van der Waals surface area contributed by atoms with Gasteiger partial charge in [-0.1, -0.05) is 18.2 Å². The molecule has 1 aromatic carbocycles. The Morgan fingerprint density at radius 1 is 1.18 bits per heavy atom. The van der Waals surface area contributed by atoms with Gasteiger partial charge in [0.05, 0.1) is 11.4 Å². The number of ether oxygens (including phenoxy) is 1. The monoisotopic (exact) mass is 516 g/mol. The molecule has 2 aromatic rings. The van der Waals surface area contributed by atoms with Crippen molar-refractivity contribution in [2.45, 2.75) is 26.4 Å². The number of amides is 1. The summed E-state index contributed by atoms with van der Waals surface area (Å²) in [6, 6.07) is 11.7. The van der Waals surface area contributed by atoms with Crippen LogP contribution in [0.4, 0.5) is 0 Å². The van der Waals surface area contributed by atoms with Crippen LogP contribution in [0.2, 0.25) is 0 Å². The van der Waals surface area contributed by atoms with Crippen LogP contribution in [-0.2, 0) is 0 Å². The third kappa shape index (κ3) is 8.92. The van der Waals surface area contributed by atoms with Gasteiger partial charge < -0.3 is 20.7 Å². The number of nitrogens with one attached hydrogen (secondary N) is 3. The molecule has 0 bridgehead atoms. The van der Waals surface area contributed by atoms with Gasteiger partial charge in [0, 0.05) is 20.1 Å². The Kier molecular flexibility index (Phi) is 11.6. The number of carbonyl (C=O) groups excluding carboxylic acids is 1. The van der Waals surface area contributed by atoms with Gasteiger partial charge in [-0.15, -0.1) is 35.3 Å². The first-order valence-electron chi connectivity index (χ1n) is 9.08. The van der Waals surface area contributed by atoms with Crippen LogP contribution in [0.25, 0.3) is 0 Å². The van der Waals surface area contributed by atoms with Crippen molar-refractivity contribution < 1.29 is 9.53 Å². The molecule has 28 heavy (non-hydrogen) atoms. The van der Waals surface area contributed by atoms with Crippen LogP contribution in [-0.4, -0.2) is 44.7 Å². The van der Waals surface area contributed by atoms with Crippen molar-refractivity contribution in [3.63, 3.8) is 0 Å². The summed E-state index contributed by atoms with van der Waals surface area (Å²) in [7, 11) is 1.74. The van der Waals surface area contributed by atoms with E-state index in [-0.39, 0.29) is 36.0 Å². The molecular formula is C20H29IN4O2S. The van der Waals surface area contributed by atoms with Gasteiger partial charge in [0.15, 0.2) is 5.96 Å². The maximum atomic E-state index is 11.8. The van der Waals surface area contributed by atoms with Crippen LogP contribution in [0.15, 0.2) is 46.8 Å². The van der Waals surface area contributed by atoms with Crippen LogP contribution in [0.5, 0.6) is 5.75 Å². The molecule has 1 aromatic heterocycles. The van der Waals surface area contributed by atoms with Crippen molar-refractivity contribution in [3.8, 4) is 5.75 Å². The molecule has 0 saturated heterocycles. The number of hydrogen-bond acceptors (Lipinski definition) is 4. The average molecular weight is 516 g/mol. The van der Waals surface area contributed by atoms with Gasteiger partial charge in [0.2, 0.25) is 0 Å². The minimum absolute atomic E-state index is 0. The number of guanidine groups is 1.